The molecule has 2 fully saturated rings. The Labute approximate surface area is 454 Å². The van der Waals surface area contributed by atoms with Gasteiger partial charge in [-0.1, -0.05) is 112 Å². The number of benzene rings is 4. The third-order valence-corrected chi connectivity index (χ3v) is 20.4. The number of carbonyl (C=O) groups excluding carboxylic acids is 2. The van der Waals surface area contributed by atoms with Gasteiger partial charge in [0, 0.05) is 19.2 Å². The molecule has 0 spiro atoms. The van der Waals surface area contributed by atoms with Crippen LogP contribution in [0.2, 0.25) is 18.1 Å². The minimum Gasteiger partial charge on any atom is -0.497 e. The van der Waals surface area contributed by atoms with Gasteiger partial charge in [-0.15, -0.1) is 0 Å². The summed E-state index contributed by atoms with van der Waals surface area (Å²) in [5.74, 6) is -1.27. The predicted molar refractivity (Wildman–Crippen MR) is 291 cm³/mol. The van der Waals surface area contributed by atoms with Crippen LogP contribution in [0.25, 0.3) is 11.2 Å². The molecule has 2 aliphatic heterocycles. The Morgan fingerprint density at radius 2 is 1.37 bits per heavy atom. The molecule has 0 radical (unpaired) electrons. The lowest BCUT2D eigenvalue weighted by Crippen LogP contribution is -2.49. The Bertz CT molecular complexity index is 3480. The number of nitrogens with one attached hydrogen (secondary N) is 2. The Morgan fingerprint density at radius 1 is 0.772 bits per heavy atom. The van der Waals surface area contributed by atoms with E-state index in [0.717, 1.165) is 34.9 Å². The van der Waals surface area contributed by atoms with Gasteiger partial charge in [-0.2, -0.15) is 4.98 Å². The number of imidazole rings is 1. The summed E-state index contributed by atoms with van der Waals surface area (Å²) in [5, 5.41) is -0.449. The van der Waals surface area contributed by atoms with Crippen LogP contribution < -0.4 is 27.3 Å². The highest BCUT2D eigenvalue weighted by atomic mass is 31.2. The lowest BCUT2D eigenvalue weighted by molar-refractivity contribution is -0.156. The average molecular weight is 1120 g/mol. The first-order valence-electron chi connectivity index (χ1n) is 25.4. The van der Waals surface area contributed by atoms with Crippen LogP contribution >= 0.6 is 7.60 Å². The van der Waals surface area contributed by atoms with E-state index in [1.807, 2.05) is 119 Å². The molecule has 0 amide bonds. The number of hydrogen-bond acceptors (Lipinski definition) is 17. The van der Waals surface area contributed by atoms with E-state index in [2.05, 4.69) is 19.9 Å². The van der Waals surface area contributed by atoms with Gasteiger partial charge >= 0.3 is 25.2 Å². The van der Waals surface area contributed by atoms with Gasteiger partial charge in [0.15, 0.2) is 44.1 Å². The van der Waals surface area contributed by atoms with Gasteiger partial charge in [0.25, 0.3) is 11.1 Å². The Morgan fingerprint density at radius 3 is 1.96 bits per heavy atom. The van der Waals surface area contributed by atoms with Crippen molar-refractivity contribution in [1.29, 1.82) is 0 Å². The monoisotopic (exact) mass is 1120 g/mol. The molecule has 7 aromatic rings. The lowest BCUT2D eigenvalue weighted by Gasteiger charge is -2.41. The van der Waals surface area contributed by atoms with E-state index in [9.17, 15) is 28.9 Å². The summed E-state index contributed by atoms with van der Waals surface area (Å²) in [6, 6.07) is 35.5. The number of anilines is 1. The van der Waals surface area contributed by atoms with Gasteiger partial charge in [0.05, 0.1) is 31.8 Å². The number of rotatable bonds is 19. The van der Waals surface area contributed by atoms with E-state index in [-0.39, 0.29) is 35.7 Å². The fourth-order valence-corrected chi connectivity index (χ4v) is 12.3. The van der Waals surface area contributed by atoms with Crippen molar-refractivity contribution >= 4 is 45.0 Å². The molecule has 22 nitrogen and oxygen atoms in total. The molecule has 0 bridgehead atoms. The summed E-state index contributed by atoms with van der Waals surface area (Å²) in [6.07, 6.45) is -9.52. The maximum absolute atomic E-state index is 15.2. The van der Waals surface area contributed by atoms with Gasteiger partial charge in [-0.25, -0.2) is 14.6 Å². The van der Waals surface area contributed by atoms with Crippen LogP contribution in [0, 0.1) is 0 Å². The summed E-state index contributed by atoms with van der Waals surface area (Å²) in [6.45, 7) is 10.8. The normalized spacial score (nSPS) is 22.3. The molecule has 2 aliphatic rings. The second-order valence-corrected chi connectivity index (χ2v) is 27.4. The second kappa shape index (κ2) is 22.8. The van der Waals surface area contributed by atoms with Crippen molar-refractivity contribution in [3.63, 3.8) is 0 Å². The van der Waals surface area contributed by atoms with E-state index in [4.69, 9.17) is 43.1 Å². The Hall–Kier alpha value is -7.34. The number of esters is 2. The molecule has 79 heavy (non-hydrogen) atoms. The largest absolute Gasteiger partial charge is 0.497 e. The molecule has 3 aromatic heterocycles. The molecule has 1 unspecified atom stereocenters. The first-order valence-corrected chi connectivity index (χ1v) is 30.1. The number of carbonyl (C=O) groups is 2. The minimum atomic E-state index is -4.94. The number of ether oxygens (including phenoxy) is 6. The van der Waals surface area contributed by atoms with Crippen LogP contribution in [-0.2, 0) is 47.6 Å². The first-order chi connectivity index (χ1) is 37.6. The number of nitrogen functional groups attached to an aromatic ring is 1. The van der Waals surface area contributed by atoms with Crippen molar-refractivity contribution in [1.82, 2.24) is 29.1 Å². The number of methoxy groups -OCH3 is 1. The fraction of sp³-hybridized carbons (Fsp3) is 0.364. The van der Waals surface area contributed by atoms with E-state index in [1.54, 1.807) is 25.3 Å². The minimum absolute atomic E-state index is 0.0386. The Balaban J connectivity index is 1.13. The van der Waals surface area contributed by atoms with E-state index in [1.165, 1.54) is 23.0 Å². The van der Waals surface area contributed by atoms with E-state index >= 15 is 4.57 Å². The summed E-state index contributed by atoms with van der Waals surface area (Å²) >= 11 is 0. The van der Waals surface area contributed by atoms with Crippen molar-refractivity contribution < 1.29 is 56.4 Å². The highest BCUT2D eigenvalue weighted by Crippen LogP contribution is 2.52. The van der Waals surface area contributed by atoms with Crippen molar-refractivity contribution in [3.05, 3.63) is 187 Å². The molecule has 5 heterocycles. The van der Waals surface area contributed by atoms with Gasteiger partial charge in [-0.05, 0) is 65.5 Å². The zero-order valence-electron chi connectivity index (χ0n) is 44.4. The number of nitrogens with two attached hydrogens (primary N) is 1. The second-order valence-electron chi connectivity index (χ2n) is 20.7. The molecule has 4 aromatic carbocycles. The number of H-pyrrole nitrogens is 2. The van der Waals surface area contributed by atoms with Crippen LogP contribution in [0.15, 0.2) is 148 Å². The Kier molecular flexibility index (Phi) is 16.3. The SMILES string of the molecule is COc1ccc(C(OC[C@H]2O[C@@H](n3cnc4c(=O)[nH]c(N)nc43)[C@H](O[Si](C)(C)C(C)(C)C)[C@@H]2OP(=O)(O)CC[C@H]2O[C@@H](n3ccc(=O)[nH]c3=O)[C@H](OC(C)=O)[C@@H]2OC(=O)c2ccccc2)(c2ccccc2)c2ccccc2)cc1. The van der Waals surface area contributed by atoms with Crippen LogP contribution in [0.3, 0.4) is 0 Å². The number of hydrogen-bond donors (Lipinski definition) is 4. The van der Waals surface area contributed by atoms with E-state index in [0.29, 0.717) is 11.3 Å². The number of aromatic nitrogens is 6. The zero-order valence-corrected chi connectivity index (χ0v) is 46.3. The molecular formula is C55H62N7O15PSi. The smallest absolute Gasteiger partial charge is 0.338 e. The van der Waals surface area contributed by atoms with Crippen molar-refractivity contribution in [3.8, 4) is 5.75 Å². The van der Waals surface area contributed by atoms with Crippen molar-refractivity contribution in [2.45, 2.75) is 107 Å². The van der Waals surface area contributed by atoms with E-state index < -0.39 is 111 Å². The van der Waals surface area contributed by atoms with Gasteiger partial charge in [0.2, 0.25) is 5.95 Å². The topological polar surface area (TPSA) is 290 Å². The number of fused-ring (bicyclic) bond motifs is 1. The quantitative estimate of drug-likeness (QED) is 0.0288. The molecule has 2 saturated heterocycles. The van der Waals surface area contributed by atoms with Gasteiger partial charge in [-0.3, -0.25) is 42.6 Å². The van der Waals surface area contributed by atoms with Gasteiger partial charge in [0.1, 0.15) is 35.8 Å². The molecule has 0 saturated carbocycles. The zero-order chi connectivity index (χ0) is 56.4. The standard InChI is InChI=1S/C55H62N7O15PSi/c1-33(63)72-45-43(75-51(66)34-17-11-8-12-18-34)39(73-49(45)61-29-27-41(64)58-53(61)67)28-30-78(68,69)76-44-40(74-50(46(44)77-79(6,7)54(2,3)4)62-32-57-42-47(62)59-52(56)60-48(42)65)31-71-55(35-19-13-9-14-20-35,36-21-15-10-16-22-36)37-23-25-38(70-5)26-24-37/h8-27,29,32,39-40,43-46,49-50H,28,30-31H2,1-7H3,(H,68,69)(H,58,64,67)(H3,56,59,60,65)/t39-,40-,43-,44-,45-,46-,49-,50-/m1/s1. The molecule has 416 valence electrons. The number of aromatic amines is 2. The fourth-order valence-electron chi connectivity index (χ4n) is 9.64. The summed E-state index contributed by atoms with van der Waals surface area (Å²) in [4.78, 5) is 90.9. The average Bonchev–Trinajstić information content (AvgIpc) is 4.33. The molecule has 0 aliphatic carbocycles. The highest BCUT2D eigenvalue weighted by molar-refractivity contribution is 7.52. The van der Waals surface area contributed by atoms with Crippen LogP contribution in [0.5, 0.6) is 5.75 Å². The number of nitrogens with zero attached hydrogens (tertiary/aromatic N) is 4. The van der Waals surface area contributed by atoms with Crippen molar-refractivity contribution in [2.75, 3.05) is 25.6 Å². The third-order valence-electron chi connectivity index (χ3n) is 14.5. The molecule has 5 N–H and O–H groups in total. The highest BCUT2D eigenvalue weighted by Gasteiger charge is 2.56. The molecule has 9 rings (SSSR count). The summed E-state index contributed by atoms with van der Waals surface area (Å²) in [7, 11) is -6.31. The molecular weight excluding hydrogens is 1060 g/mol. The summed E-state index contributed by atoms with van der Waals surface area (Å²) in [5.41, 5.74) is 4.75. The predicted octanol–water partition coefficient (Wildman–Crippen LogP) is 6.57. The summed E-state index contributed by atoms with van der Waals surface area (Å²) < 4.78 is 69.4. The first kappa shape index (κ1) is 56.4. The van der Waals surface area contributed by atoms with Gasteiger partial charge < -0.3 is 43.5 Å². The third kappa shape index (κ3) is 11.8. The maximum Gasteiger partial charge on any atom is 0.338 e. The maximum atomic E-state index is 15.2. The van der Waals surface area contributed by atoms with Crippen LogP contribution in [0.4, 0.5) is 5.95 Å². The van der Waals surface area contributed by atoms with Crippen LogP contribution in [0.1, 0.15) is 73.6 Å². The lowest BCUT2D eigenvalue weighted by atomic mass is 9.80. The van der Waals surface area contributed by atoms with Crippen molar-refractivity contribution in [2.24, 2.45) is 0 Å². The van der Waals surface area contributed by atoms with Crippen LogP contribution in [-0.4, -0.2) is 111 Å². The molecule has 24 heteroatoms. The molecule has 9 atom stereocenters.